The van der Waals surface area contributed by atoms with Gasteiger partial charge in [-0.25, -0.2) is 4.98 Å². The first-order chi connectivity index (χ1) is 12.2. The summed E-state index contributed by atoms with van der Waals surface area (Å²) in [5.41, 5.74) is 1.09. The Hall–Kier alpha value is -2.41. The standard InChI is InChI=1S/C18H22N4O3/c1-3-15-19-17(21-20-15)14-10-22(8-9-24-14)18(23)16-11(2)12-6-4-5-7-13(12)25-16/h4-7,11,14,16H,3,8-10H2,1-2H3,(H,19,20,21)/t11-,14-,16+/m0/s1. The van der Waals surface area contributed by atoms with Crippen LogP contribution in [0, 0.1) is 0 Å². The molecule has 132 valence electrons. The average molecular weight is 342 g/mol. The highest BCUT2D eigenvalue weighted by atomic mass is 16.5. The maximum atomic E-state index is 13.0. The zero-order valence-corrected chi connectivity index (χ0v) is 14.4. The molecule has 25 heavy (non-hydrogen) atoms. The maximum Gasteiger partial charge on any atom is 0.264 e. The van der Waals surface area contributed by atoms with Crippen LogP contribution in [-0.4, -0.2) is 51.8 Å². The van der Waals surface area contributed by atoms with E-state index in [2.05, 4.69) is 15.2 Å². The molecule has 3 heterocycles. The van der Waals surface area contributed by atoms with Crippen LogP contribution in [0.15, 0.2) is 24.3 Å². The van der Waals surface area contributed by atoms with Gasteiger partial charge in [0.15, 0.2) is 11.9 Å². The summed E-state index contributed by atoms with van der Waals surface area (Å²) in [7, 11) is 0. The lowest BCUT2D eigenvalue weighted by atomic mass is 9.96. The van der Waals surface area contributed by atoms with E-state index in [1.54, 1.807) is 0 Å². The number of carbonyl (C=O) groups excluding carboxylic acids is 1. The number of aryl methyl sites for hydroxylation is 1. The third-order valence-corrected chi connectivity index (χ3v) is 4.91. The summed E-state index contributed by atoms with van der Waals surface area (Å²) >= 11 is 0. The second-order valence-electron chi connectivity index (χ2n) is 6.50. The number of H-pyrrole nitrogens is 1. The quantitative estimate of drug-likeness (QED) is 0.920. The Bertz CT molecular complexity index is 775. The number of ether oxygens (including phenoxy) is 2. The SMILES string of the molecule is CCc1nc([C@@H]2CN(C(=O)[C@@H]3Oc4ccccc4[C@@H]3C)CCO2)n[nH]1. The van der Waals surface area contributed by atoms with E-state index >= 15 is 0 Å². The van der Waals surface area contributed by atoms with E-state index in [1.165, 1.54) is 0 Å². The van der Waals surface area contributed by atoms with Gasteiger partial charge in [0.05, 0.1) is 13.2 Å². The number of aromatic nitrogens is 3. The number of morpholine rings is 1. The van der Waals surface area contributed by atoms with Crippen molar-refractivity contribution in [1.29, 1.82) is 0 Å². The Balaban J connectivity index is 1.47. The van der Waals surface area contributed by atoms with E-state index in [1.807, 2.05) is 43.0 Å². The van der Waals surface area contributed by atoms with E-state index in [4.69, 9.17) is 9.47 Å². The minimum absolute atomic E-state index is 0.00301. The smallest absolute Gasteiger partial charge is 0.264 e. The largest absolute Gasteiger partial charge is 0.480 e. The average Bonchev–Trinajstić information content (AvgIpc) is 3.26. The highest BCUT2D eigenvalue weighted by Crippen LogP contribution is 2.38. The van der Waals surface area contributed by atoms with Crippen LogP contribution < -0.4 is 4.74 Å². The summed E-state index contributed by atoms with van der Waals surface area (Å²) in [5.74, 6) is 2.28. The maximum absolute atomic E-state index is 13.0. The van der Waals surface area contributed by atoms with Crippen LogP contribution in [0.3, 0.4) is 0 Å². The van der Waals surface area contributed by atoms with Gasteiger partial charge >= 0.3 is 0 Å². The topological polar surface area (TPSA) is 80.3 Å². The first-order valence-corrected chi connectivity index (χ1v) is 8.74. The molecule has 1 amide bonds. The van der Waals surface area contributed by atoms with Crippen molar-refractivity contribution in [2.75, 3.05) is 19.7 Å². The van der Waals surface area contributed by atoms with Gasteiger partial charge in [-0.15, -0.1) is 0 Å². The second-order valence-corrected chi connectivity index (χ2v) is 6.50. The number of nitrogens with one attached hydrogen (secondary N) is 1. The van der Waals surface area contributed by atoms with Crippen LogP contribution in [-0.2, 0) is 16.0 Å². The van der Waals surface area contributed by atoms with Gasteiger partial charge in [0.1, 0.15) is 17.7 Å². The number of hydrogen-bond donors (Lipinski definition) is 1. The van der Waals surface area contributed by atoms with Gasteiger partial charge in [-0.2, -0.15) is 5.10 Å². The Labute approximate surface area is 146 Å². The molecule has 0 saturated carbocycles. The van der Waals surface area contributed by atoms with Crippen LogP contribution in [0.2, 0.25) is 0 Å². The lowest BCUT2D eigenvalue weighted by molar-refractivity contribution is -0.146. The molecular formula is C18H22N4O3. The number of nitrogens with zero attached hydrogens (tertiary/aromatic N) is 3. The molecule has 0 aliphatic carbocycles. The van der Waals surface area contributed by atoms with Crippen molar-refractivity contribution >= 4 is 5.91 Å². The number of hydrogen-bond acceptors (Lipinski definition) is 5. The first-order valence-electron chi connectivity index (χ1n) is 8.74. The van der Waals surface area contributed by atoms with Crippen LogP contribution >= 0.6 is 0 Å². The normalized spacial score (nSPS) is 25.5. The number of aromatic amines is 1. The van der Waals surface area contributed by atoms with E-state index in [0.717, 1.165) is 23.6 Å². The Morgan fingerprint density at radius 2 is 2.24 bits per heavy atom. The minimum Gasteiger partial charge on any atom is -0.480 e. The van der Waals surface area contributed by atoms with E-state index in [9.17, 15) is 4.79 Å². The zero-order valence-electron chi connectivity index (χ0n) is 14.4. The first kappa shape index (κ1) is 16.1. The van der Waals surface area contributed by atoms with Gasteiger partial charge in [-0.1, -0.05) is 32.0 Å². The van der Waals surface area contributed by atoms with E-state index in [-0.39, 0.29) is 17.9 Å². The highest BCUT2D eigenvalue weighted by molar-refractivity contribution is 5.83. The van der Waals surface area contributed by atoms with Crippen molar-refractivity contribution < 1.29 is 14.3 Å². The molecule has 4 rings (SSSR count). The summed E-state index contributed by atoms with van der Waals surface area (Å²) in [6, 6.07) is 7.85. The number of benzene rings is 1. The molecule has 1 fully saturated rings. The lowest BCUT2D eigenvalue weighted by Crippen LogP contribution is -2.48. The molecule has 0 radical (unpaired) electrons. The highest BCUT2D eigenvalue weighted by Gasteiger charge is 2.40. The predicted octanol–water partition coefficient (Wildman–Crippen LogP) is 1.83. The molecule has 3 atom stereocenters. The van der Waals surface area contributed by atoms with Gasteiger partial charge in [-0.05, 0) is 6.07 Å². The lowest BCUT2D eigenvalue weighted by Gasteiger charge is -2.33. The molecule has 2 aliphatic heterocycles. The molecule has 1 aromatic carbocycles. The second kappa shape index (κ2) is 6.48. The summed E-state index contributed by atoms with van der Waals surface area (Å²) in [5, 5.41) is 7.12. The molecule has 2 aromatic rings. The Kier molecular flexibility index (Phi) is 4.17. The fraction of sp³-hybridized carbons (Fsp3) is 0.500. The molecule has 7 heteroatoms. The van der Waals surface area contributed by atoms with Crippen LogP contribution in [0.5, 0.6) is 5.75 Å². The summed E-state index contributed by atoms with van der Waals surface area (Å²) in [4.78, 5) is 19.3. The van der Waals surface area contributed by atoms with E-state index in [0.29, 0.717) is 25.5 Å². The molecular weight excluding hydrogens is 320 g/mol. The fourth-order valence-electron chi connectivity index (χ4n) is 3.43. The van der Waals surface area contributed by atoms with Crippen LogP contribution in [0.25, 0.3) is 0 Å². The molecule has 1 N–H and O–H groups in total. The van der Waals surface area contributed by atoms with Crippen molar-refractivity contribution in [2.45, 2.75) is 38.4 Å². The van der Waals surface area contributed by atoms with Gasteiger partial charge < -0.3 is 14.4 Å². The molecule has 1 aromatic heterocycles. The van der Waals surface area contributed by atoms with Gasteiger partial charge in [0, 0.05) is 24.4 Å². The third kappa shape index (κ3) is 2.89. The number of fused-ring (bicyclic) bond motifs is 1. The van der Waals surface area contributed by atoms with Crippen LogP contribution in [0.1, 0.15) is 43.1 Å². The Morgan fingerprint density at radius 3 is 3.00 bits per heavy atom. The molecule has 1 saturated heterocycles. The monoisotopic (exact) mass is 342 g/mol. The zero-order chi connectivity index (χ0) is 17.4. The summed E-state index contributed by atoms with van der Waals surface area (Å²) in [6.07, 6.45) is 0.0106. The van der Waals surface area contributed by atoms with E-state index < -0.39 is 6.10 Å². The summed E-state index contributed by atoms with van der Waals surface area (Å²) in [6.45, 7) is 5.53. The van der Waals surface area contributed by atoms with Crippen molar-refractivity contribution in [2.24, 2.45) is 0 Å². The molecule has 7 nitrogen and oxygen atoms in total. The number of amides is 1. The number of rotatable bonds is 3. The number of para-hydroxylation sites is 1. The van der Waals surface area contributed by atoms with Gasteiger partial charge in [-0.3, -0.25) is 9.89 Å². The predicted molar refractivity (Wildman–Crippen MR) is 90.3 cm³/mol. The molecule has 0 bridgehead atoms. The van der Waals surface area contributed by atoms with Crippen molar-refractivity contribution in [3.05, 3.63) is 41.5 Å². The number of carbonyl (C=O) groups is 1. The van der Waals surface area contributed by atoms with Crippen molar-refractivity contribution in [3.63, 3.8) is 0 Å². The molecule has 0 unspecified atom stereocenters. The van der Waals surface area contributed by atoms with Crippen molar-refractivity contribution in [1.82, 2.24) is 20.1 Å². The van der Waals surface area contributed by atoms with Crippen molar-refractivity contribution in [3.8, 4) is 5.75 Å². The molecule has 2 aliphatic rings. The summed E-state index contributed by atoms with van der Waals surface area (Å²) < 4.78 is 11.7. The third-order valence-electron chi connectivity index (χ3n) is 4.91. The Morgan fingerprint density at radius 1 is 1.40 bits per heavy atom. The van der Waals surface area contributed by atoms with Gasteiger partial charge in [0.25, 0.3) is 5.91 Å². The van der Waals surface area contributed by atoms with Gasteiger partial charge in [0.2, 0.25) is 0 Å². The fourth-order valence-corrected chi connectivity index (χ4v) is 3.43. The molecule has 0 spiro atoms. The van der Waals surface area contributed by atoms with Crippen LogP contribution in [0.4, 0.5) is 0 Å². The minimum atomic E-state index is -0.477.